The van der Waals surface area contributed by atoms with Gasteiger partial charge in [0.1, 0.15) is 30.5 Å². The second-order valence-corrected chi connectivity index (χ2v) is 5.51. The molecule has 0 unspecified atom stereocenters. The van der Waals surface area contributed by atoms with E-state index in [9.17, 15) is 0 Å². The molecular weight excluding hydrogens is 276 g/mol. The SMILES string of the molecule is COc1ccc(OCCOc2ccc3c(c2)CCCC3)cc1. The van der Waals surface area contributed by atoms with Gasteiger partial charge in [-0.25, -0.2) is 0 Å². The first-order valence-corrected chi connectivity index (χ1v) is 7.86. The van der Waals surface area contributed by atoms with Crippen molar-refractivity contribution < 1.29 is 14.2 Å². The second kappa shape index (κ2) is 7.21. The van der Waals surface area contributed by atoms with Crippen LogP contribution in [-0.4, -0.2) is 20.3 Å². The van der Waals surface area contributed by atoms with Gasteiger partial charge in [0.25, 0.3) is 0 Å². The molecule has 116 valence electrons. The van der Waals surface area contributed by atoms with Crippen LogP contribution in [0.15, 0.2) is 42.5 Å². The Morgan fingerprint density at radius 2 is 1.32 bits per heavy atom. The van der Waals surface area contributed by atoms with Gasteiger partial charge in [0, 0.05) is 0 Å². The topological polar surface area (TPSA) is 27.7 Å². The fourth-order valence-corrected chi connectivity index (χ4v) is 2.79. The quantitative estimate of drug-likeness (QED) is 0.754. The van der Waals surface area contributed by atoms with Gasteiger partial charge in [-0.15, -0.1) is 0 Å². The van der Waals surface area contributed by atoms with Crippen molar-refractivity contribution in [3.8, 4) is 17.2 Å². The highest BCUT2D eigenvalue weighted by Crippen LogP contribution is 2.25. The molecule has 0 radical (unpaired) electrons. The summed E-state index contributed by atoms with van der Waals surface area (Å²) in [5, 5.41) is 0. The summed E-state index contributed by atoms with van der Waals surface area (Å²) in [6.07, 6.45) is 4.98. The summed E-state index contributed by atoms with van der Waals surface area (Å²) in [6, 6.07) is 14.0. The first kappa shape index (κ1) is 14.8. The average Bonchev–Trinajstić information content (AvgIpc) is 2.59. The van der Waals surface area contributed by atoms with Crippen molar-refractivity contribution in [3.63, 3.8) is 0 Å². The number of aryl methyl sites for hydroxylation is 2. The lowest BCUT2D eigenvalue weighted by Crippen LogP contribution is -2.10. The molecular formula is C19H22O3. The predicted octanol–water partition coefficient (Wildman–Crippen LogP) is 4.03. The minimum atomic E-state index is 0.531. The van der Waals surface area contributed by atoms with E-state index in [1.807, 2.05) is 24.3 Å². The monoisotopic (exact) mass is 298 g/mol. The molecule has 0 saturated heterocycles. The van der Waals surface area contributed by atoms with Gasteiger partial charge in [0.15, 0.2) is 0 Å². The van der Waals surface area contributed by atoms with Crippen LogP contribution < -0.4 is 14.2 Å². The molecule has 3 nitrogen and oxygen atoms in total. The van der Waals surface area contributed by atoms with Gasteiger partial charge < -0.3 is 14.2 Å². The number of ether oxygens (including phenoxy) is 3. The van der Waals surface area contributed by atoms with Gasteiger partial charge in [0.05, 0.1) is 7.11 Å². The summed E-state index contributed by atoms with van der Waals surface area (Å²) in [5.74, 6) is 2.60. The fraction of sp³-hybridized carbons (Fsp3) is 0.368. The maximum Gasteiger partial charge on any atom is 0.122 e. The van der Waals surface area contributed by atoms with Gasteiger partial charge >= 0.3 is 0 Å². The molecule has 3 heteroatoms. The molecule has 0 bridgehead atoms. The third kappa shape index (κ3) is 3.73. The Hall–Kier alpha value is -2.16. The van der Waals surface area contributed by atoms with Crippen LogP contribution in [0.2, 0.25) is 0 Å². The molecule has 3 rings (SSSR count). The highest BCUT2D eigenvalue weighted by Gasteiger charge is 2.09. The van der Waals surface area contributed by atoms with Gasteiger partial charge in [-0.3, -0.25) is 0 Å². The molecule has 0 aromatic heterocycles. The first-order chi connectivity index (χ1) is 10.8. The number of rotatable bonds is 6. The molecule has 1 aliphatic carbocycles. The van der Waals surface area contributed by atoms with Crippen LogP contribution in [0.5, 0.6) is 17.2 Å². The lowest BCUT2D eigenvalue weighted by Gasteiger charge is -2.17. The lowest BCUT2D eigenvalue weighted by atomic mass is 9.92. The van der Waals surface area contributed by atoms with E-state index in [-0.39, 0.29) is 0 Å². The van der Waals surface area contributed by atoms with Crippen LogP contribution >= 0.6 is 0 Å². The maximum absolute atomic E-state index is 5.79. The van der Waals surface area contributed by atoms with Gasteiger partial charge in [0.2, 0.25) is 0 Å². The zero-order valence-electron chi connectivity index (χ0n) is 13.0. The maximum atomic E-state index is 5.79. The van der Waals surface area contributed by atoms with E-state index in [1.54, 1.807) is 7.11 Å². The number of hydrogen-bond donors (Lipinski definition) is 0. The fourth-order valence-electron chi connectivity index (χ4n) is 2.79. The zero-order valence-corrected chi connectivity index (χ0v) is 13.0. The van der Waals surface area contributed by atoms with Crippen LogP contribution in [0.1, 0.15) is 24.0 Å². The Morgan fingerprint density at radius 3 is 2.05 bits per heavy atom. The van der Waals surface area contributed by atoms with Crippen molar-refractivity contribution >= 4 is 0 Å². The van der Waals surface area contributed by atoms with Gasteiger partial charge in [-0.2, -0.15) is 0 Å². The number of fused-ring (bicyclic) bond motifs is 1. The summed E-state index contributed by atoms with van der Waals surface area (Å²) in [7, 11) is 1.66. The summed E-state index contributed by atoms with van der Waals surface area (Å²) < 4.78 is 16.6. The van der Waals surface area contributed by atoms with Crippen LogP contribution in [0.3, 0.4) is 0 Å². The first-order valence-electron chi connectivity index (χ1n) is 7.86. The van der Waals surface area contributed by atoms with E-state index in [0.29, 0.717) is 13.2 Å². The summed E-state index contributed by atoms with van der Waals surface area (Å²) in [4.78, 5) is 0. The average molecular weight is 298 g/mol. The molecule has 2 aromatic carbocycles. The van der Waals surface area contributed by atoms with Crippen molar-refractivity contribution in [1.29, 1.82) is 0 Å². The van der Waals surface area contributed by atoms with Crippen molar-refractivity contribution in [3.05, 3.63) is 53.6 Å². The van der Waals surface area contributed by atoms with E-state index >= 15 is 0 Å². The predicted molar refractivity (Wildman–Crippen MR) is 87.1 cm³/mol. The lowest BCUT2D eigenvalue weighted by molar-refractivity contribution is 0.217. The van der Waals surface area contributed by atoms with Gasteiger partial charge in [-0.05, 0) is 73.2 Å². The van der Waals surface area contributed by atoms with Gasteiger partial charge in [-0.1, -0.05) is 6.07 Å². The smallest absolute Gasteiger partial charge is 0.122 e. The largest absolute Gasteiger partial charge is 0.497 e. The molecule has 0 heterocycles. The van der Waals surface area contributed by atoms with Crippen molar-refractivity contribution in [2.24, 2.45) is 0 Å². The normalized spacial score (nSPS) is 13.3. The highest BCUT2D eigenvalue weighted by atomic mass is 16.5. The molecule has 0 N–H and O–H groups in total. The standard InChI is InChI=1S/C19H22O3/c1-20-17-8-10-18(11-9-17)21-12-13-22-19-7-6-15-4-2-3-5-16(15)14-19/h6-11,14H,2-5,12-13H2,1H3. The van der Waals surface area contributed by atoms with E-state index < -0.39 is 0 Å². The Kier molecular flexibility index (Phi) is 4.84. The molecule has 2 aromatic rings. The third-order valence-corrected chi connectivity index (χ3v) is 4.00. The molecule has 22 heavy (non-hydrogen) atoms. The Morgan fingerprint density at radius 1 is 0.727 bits per heavy atom. The number of methoxy groups -OCH3 is 1. The van der Waals surface area contributed by atoms with Crippen molar-refractivity contribution in [2.75, 3.05) is 20.3 Å². The highest BCUT2D eigenvalue weighted by molar-refractivity contribution is 5.37. The van der Waals surface area contributed by atoms with E-state index in [2.05, 4.69) is 18.2 Å². The molecule has 1 aliphatic rings. The molecule has 0 aliphatic heterocycles. The van der Waals surface area contributed by atoms with Crippen LogP contribution in [0.4, 0.5) is 0 Å². The van der Waals surface area contributed by atoms with E-state index in [0.717, 1.165) is 17.2 Å². The third-order valence-electron chi connectivity index (χ3n) is 4.00. The number of hydrogen-bond acceptors (Lipinski definition) is 3. The molecule has 0 spiro atoms. The summed E-state index contributed by atoms with van der Waals surface area (Å²) in [5.41, 5.74) is 2.92. The van der Waals surface area contributed by atoms with Crippen molar-refractivity contribution in [1.82, 2.24) is 0 Å². The van der Waals surface area contributed by atoms with Crippen molar-refractivity contribution in [2.45, 2.75) is 25.7 Å². The summed E-state index contributed by atoms with van der Waals surface area (Å²) in [6.45, 7) is 1.08. The minimum Gasteiger partial charge on any atom is -0.497 e. The van der Waals surface area contributed by atoms with E-state index in [1.165, 1.54) is 36.8 Å². The molecule has 0 amide bonds. The van der Waals surface area contributed by atoms with Crippen LogP contribution in [0, 0.1) is 0 Å². The zero-order chi connectivity index (χ0) is 15.2. The Labute approximate surface area is 131 Å². The number of benzene rings is 2. The second-order valence-electron chi connectivity index (χ2n) is 5.51. The molecule has 0 fully saturated rings. The van der Waals surface area contributed by atoms with Crippen LogP contribution in [0.25, 0.3) is 0 Å². The molecule has 0 saturated carbocycles. The Balaban J connectivity index is 1.46. The molecule has 0 atom stereocenters. The summed E-state index contributed by atoms with van der Waals surface area (Å²) >= 11 is 0. The Bertz CT molecular complexity index is 605. The minimum absolute atomic E-state index is 0.531. The van der Waals surface area contributed by atoms with E-state index in [4.69, 9.17) is 14.2 Å². The van der Waals surface area contributed by atoms with Crippen LogP contribution in [-0.2, 0) is 12.8 Å².